The molecular weight excluding hydrogens is 246 g/mol. The standard InChI is InChI=1S/C18H37NO/c1-2-3-4-5-6-7-8-9-10-11-14-19-16-17-12-13-18(20)15-17/h17-20H,2-16H2,1H3. The van der Waals surface area contributed by atoms with E-state index >= 15 is 0 Å². The zero-order valence-electron chi connectivity index (χ0n) is 13.7. The molecule has 0 aromatic rings. The first-order chi connectivity index (χ1) is 9.83. The fourth-order valence-electron chi connectivity index (χ4n) is 3.28. The molecule has 2 heteroatoms. The third-order valence-corrected chi connectivity index (χ3v) is 4.65. The first-order valence-corrected chi connectivity index (χ1v) is 9.21. The Morgan fingerprint density at radius 3 is 2.00 bits per heavy atom. The molecule has 20 heavy (non-hydrogen) atoms. The molecule has 2 atom stereocenters. The molecule has 0 aliphatic heterocycles. The van der Waals surface area contributed by atoms with E-state index in [9.17, 15) is 5.11 Å². The summed E-state index contributed by atoms with van der Waals surface area (Å²) < 4.78 is 0. The summed E-state index contributed by atoms with van der Waals surface area (Å²) in [6.07, 6.45) is 17.3. The van der Waals surface area contributed by atoms with Crippen LogP contribution >= 0.6 is 0 Å². The van der Waals surface area contributed by atoms with E-state index in [0.717, 1.165) is 25.3 Å². The lowest BCUT2D eigenvalue weighted by molar-refractivity contribution is 0.177. The van der Waals surface area contributed by atoms with Crippen LogP contribution in [-0.2, 0) is 0 Å². The third-order valence-electron chi connectivity index (χ3n) is 4.65. The third kappa shape index (κ3) is 9.77. The minimum atomic E-state index is -0.0147. The van der Waals surface area contributed by atoms with Gasteiger partial charge in [0.15, 0.2) is 0 Å². The van der Waals surface area contributed by atoms with Gasteiger partial charge in [0.2, 0.25) is 0 Å². The molecule has 1 fully saturated rings. The molecule has 0 bridgehead atoms. The Balaban J connectivity index is 1.70. The van der Waals surface area contributed by atoms with E-state index in [1.54, 1.807) is 0 Å². The summed E-state index contributed by atoms with van der Waals surface area (Å²) in [6.45, 7) is 4.57. The molecule has 0 amide bonds. The maximum absolute atomic E-state index is 9.46. The normalized spacial score (nSPS) is 22.5. The summed E-state index contributed by atoms with van der Waals surface area (Å²) in [5.41, 5.74) is 0. The Morgan fingerprint density at radius 1 is 0.850 bits per heavy atom. The van der Waals surface area contributed by atoms with E-state index in [0.29, 0.717) is 0 Å². The Kier molecular flexibility index (Phi) is 11.4. The van der Waals surface area contributed by atoms with Crippen LogP contribution in [0.2, 0.25) is 0 Å². The van der Waals surface area contributed by atoms with Crippen LogP contribution in [0.5, 0.6) is 0 Å². The van der Waals surface area contributed by atoms with Crippen LogP contribution in [0.25, 0.3) is 0 Å². The van der Waals surface area contributed by atoms with Gasteiger partial charge in [-0.3, -0.25) is 0 Å². The second-order valence-corrected chi connectivity index (χ2v) is 6.72. The van der Waals surface area contributed by atoms with Crippen molar-refractivity contribution in [1.82, 2.24) is 5.32 Å². The highest BCUT2D eigenvalue weighted by molar-refractivity contribution is 4.75. The molecule has 1 saturated carbocycles. The Labute approximate surface area is 126 Å². The van der Waals surface area contributed by atoms with Gasteiger partial charge in [0, 0.05) is 0 Å². The molecule has 2 unspecified atom stereocenters. The summed E-state index contributed by atoms with van der Waals surface area (Å²) in [7, 11) is 0. The summed E-state index contributed by atoms with van der Waals surface area (Å²) in [5, 5.41) is 13.0. The van der Waals surface area contributed by atoms with Crippen molar-refractivity contribution in [2.45, 2.75) is 96.5 Å². The van der Waals surface area contributed by atoms with Crippen molar-refractivity contribution in [3.63, 3.8) is 0 Å². The summed E-state index contributed by atoms with van der Waals surface area (Å²) in [4.78, 5) is 0. The van der Waals surface area contributed by atoms with Gasteiger partial charge >= 0.3 is 0 Å². The number of aliphatic hydroxyl groups excluding tert-OH is 1. The lowest BCUT2D eigenvalue weighted by Gasteiger charge is -2.10. The van der Waals surface area contributed by atoms with Gasteiger partial charge in [-0.15, -0.1) is 0 Å². The van der Waals surface area contributed by atoms with Crippen LogP contribution in [0.15, 0.2) is 0 Å². The average Bonchev–Trinajstić information content (AvgIpc) is 2.86. The molecule has 2 nitrogen and oxygen atoms in total. The van der Waals surface area contributed by atoms with Gasteiger partial charge in [-0.25, -0.2) is 0 Å². The van der Waals surface area contributed by atoms with Crippen molar-refractivity contribution in [1.29, 1.82) is 0 Å². The van der Waals surface area contributed by atoms with E-state index in [2.05, 4.69) is 12.2 Å². The average molecular weight is 284 g/mol. The fourth-order valence-corrected chi connectivity index (χ4v) is 3.28. The second kappa shape index (κ2) is 12.6. The molecule has 0 radical (unpaired) electrons. The van der Waals surface area contributed by atoms with Crippen LogP contribution in [0.4, 0.5) is 0 Å². The van der Waals surface area contributed by atoms with Gasteiger partial charge in [-0.2, -0.15) is 0 Å². The van der Waals surface area contributed by atoms with Gasteiger partial charge in [-0.05, 0) is 44.7 Å². The maximum atomic E-state index is 9.46. The molecule has 0 saturated heterocycles. The molecule has 2 N–H and O–H groups in total. The molecule has 0 heterocycles. The van der Waals surface area contributed by atoms with Gasteiger partial charge in [0.05, 0.1) is 6.10 Å². The number of nitrogens with one attached hydrogen (secondary N) is 1. The number of unbranched alkanes of at least 4 members (excludes halogenated alkanes) is 9. The van der Waals surface area contributed by atoms with E-state index < -0.39 is 0 Å². The second-order valence-electron chi connectivity index (χ2n) is 6.72. The fraction of sp³-hybridized carbons (Fsp3) is 1.00. The summed E-state index contributed by atoms with van der Waals surface area (Å²) in [6, 6.07) is 0. The van der Waals surface area contributed by atoms with E-state index in [1.165, 1.54) is 77.2 Å². The highest BCUT2D eigenvalue weighted by Crippen LogP contribution is 2.24. The van der Waals surface area contributed by atoms with Crippen LogP contribution in [-0.4, -0.2) is 24.3 Å². The molecule has 1 rings (SSSR count). The topological polar surface area (TPSA) is 32.3 Å². The van der Waals surface area contributed by atoms with Crippen molar-refractivity contribution in [2.75, 3.05) is 13.1 Å². The molecule has 1 aliphatic carbocycles. The minimum Gasteiger partial charge on any atom is -0.393 e. The number of aliphatic hydroxyl groups is 1. The monoisotopic (exact) mass is 283 g/mol. The molecule has 1 aliphatic rings. The van der Waals surface area contributed by atoms with E-state index in [4.69, 9.17) is 0 Å². The smallest absolute Gasteiger partial charge is 0.0543 e. The first-order valence-electron chi connectivity index (χ1n) is 9.21. The van der Waals surface area contributed by atoms with Crippen molar-refractivity contribution in [3.05, 3.63) is 0 Å². The quantitative estimate of drug-likeness (QED) is 0.482. The number of hydrogen-bond acceptors (Lipinski definition) is 2. The lowest BCUT2D eigenvalue weighted by Crippen LogP contribution is -2.22. The van der Waals surface area contributed by atoms with Crippen LogP contribution in [0.3, 0.4) is 0 Å². The maximum Gasteiger partial charge on any atom is 0.0543 e. The lowest BCUT2D eigenvalue weighted by atomic mass is 10.1. The van der Waals surface area contributed by atoms with Crippen LogP contribution in [0, 0.1) is 5.92 Å². The Hall–Kier alpha value is -0.0800. The van der Waals surface area contributed by atoms with E-state index in [1.807, 2.05) is 0 Å². The van der Waals surface area contributed by atoms with Crippen LogP contribution in [0.1, 0.15) is 90.4 Å². The van der Waals surface area contributed by atoms with Gasteiger partial charge in [-0.1, -0.05) is 64.7 Å². The molecular formula is C18H37NO. The van der Waals surface area contributed by atoms with Crippen molar-refractivity contribution in [3.8, 4) is 0 Å². The predicted octanol–water partition coefficient (Wildman–Crippen LogP) is 4.66. The minimum absolute atomic E-state index is 0.0147. The zero-order chi connectivity index (χ0) is 14.5. The van der Waals surface area contributed by atoms with Crippen molar-refractivity contribution >= 4 is 0 Å². The molecule has 0 aromatic heterocycles. The molecule has 120 valence electrons. The highest BCUT2D eigenvalue weighted by Gasteiger charge is 2.21. The van der Waals surface area contributed by atoms with Gasteiger partial charge in [0.1, 0.15) is 0 Å². The van der Waals surface area contributed by atoms with Crippen molar-refractivity contribution in [2.24, 2.45) is 5.92 Å². The van der Waals surface area contributed by atoms with Gasteiger partial charge in [0.25, 0.3) is 0 Å². The van der Waals surface area contributed by atoms with E-state index in [-0.39, 0.29) is 6.10 Å². The van der Waals surface area contributed by atoms with Gasteiger partial charge < -0.3 is 10.4 Å². The predicted molar refractivity (Wildman–Crippen MR) is 88.1 cm³/mol. The summed E-state index contributed by atoms with van der Waals surface area (Å²) >= 11 is 0. The highest BCUT2D eigenvalue weighted by atomic mass is 16.3. The number of hydrogen-bond donors (Lipinski definition) is 2. The molecule has 0 spiro atoms. The first kappa shape index (κ1) is 18.0. The Morgan fingerprint density at radius 2 is 1.45 bits per heavy atom. The van der Waals surface area contributed by atoms with Crippen molar-refractivity contribution < 1.29 is 5.11 Å². The Bertz CT molecular complexity index is 208. The zero-order valence-corrected chi connectivity index (χ0v) is 13.7. The number of rotatable bonds is 13. The SMILES string of the molecule is CCCCCCCCCCCCNCC1CCC(O)C1. The molecule has 0 aromatic carbocycles. The van der Waals surface area contributed by atoms with Crippen LogP contribution < -0.4 is 5.32 Å². The summed E-state index contributed by atoms with van der Waals surface area (Å²) in [5.74, 6) is 0.730. The largest absolute Gasteiger partial charge is 0.393 e.